The zero-order chi connectivity index (χ0) is 21.1. The predicted octanol–water partition coefficient (Wildman–Crippen LogP) is 3.24. The summed E-state index contributed by atoms with van der Waals surface area (Å²) >= 11 is 5.83. The maximum atomic E-state index is 12.7. The van der Waals surface area contributed by atoms with Crippen LogP contribution in [0.2, 0.25) is 5.02 Å². The number of hydrogen-bond acceptors (Lipinski definition) is 5. The number of fused-ring (bicyclic) bond motifs is 1. The van der Waals surface area contributed by atoms with Gasteiger partial charge in [0.05, 0.1) is 11.1 Å². The number of hydroxylamine groups is 2. The van der Waals surface area contributed by atoms with Crippen molar-refractivity contribution in [2.45, 2.75) is 26.3 Å². The smallest absolute Gasteiger partial charge is 0.338 e. The van der Waals surface area contributed by atoms with Crippen LogP contribution in [0.25, 0.3) is 0 Å². The molecular weight excluding hydrogens is 396 g/mol. The first kappa shape index (κ1) is 20.5. The van der Waals surface area contributed by atoms with Crippen molar-refractivity contribution >= 4 is 35.3 Å². The highest BCUT2D eigenvalue weighted by atomic mass is 35.5. The van der Waals surface area contributed by atoms with E-state index in [0.29, 0.717) is 15.6 Å². The molecule has 0 saturated carbocycles. The fraction of sp³-hybridized carbons (Fsp3) is 0.238. The van der Waals surface area contributed by atoms with Gasteiger partial charge in [0.1, 0.15) is 6.04 Å². The first-order valence-corrected chi connectivity index (χ1v) is 9.41. The molecule has 8 heteroatoms. The number of rotatable bonds is 6. The summed E-state index contributed by atoms with van der Waals surface area (Å²) in [5, 5.41) is 3.52. The predicted molar refractivity (Wildman–Crippen MR) is 105 cm³/mol. The Hall–Kier alpha value is -3.19. The normalized spacial score (nSPS) is 14.0. The van der Waals surface area contributed by atoms with Crippen molar-refractivity contribution in [3.63, 3.8) is 0 Å². The quantitative estimate of drug-likeness (QED) is 0.732. The van der Waals surface area contributed by atoms with Gasteiger partial charge in [0.2, 0.25) is 0 Å². The van der Waals surface area contributed by atoms with Crippen molar-refractivity contribution in [2.75, 3.05) is 0 Å². The Morgan fingerprint density at radius 2 is 1.55 bits per heavy atom. The van der Waals surface area contributed by atoms with Gasteiger partial charge in [-0.1, -0.05) is 42.6 Å². The lowest BCUT2D eigenvalue weighted by molar-refractivity contribution is -0.171. The third-order valence-electron chi connectivity index (χ3n) is 4.34. The van der Waals surface area contributed by atoms with Crippen LogP contribution in [0.4, 0.5) is 0 Å². The first-order chi connectivity index (χ1) is 13.8. The molecule has 2 aromatic rings. The van der Waals surface area contributed by atoms with Crippen LogP contribution in [0, 0.1) is 5.92 Å². The van der Waals surface area contributed by atoms with E-state index in [-0.39, 0.29) is 23.5 Å². The second-order valence-corrected chi connectivity index (χ2v) is 7.46. The zero-order valence-corrected chi connectivity index (χ0v) is 16.6. The molecule has 1 unspecified atom stereocenters. The van der Waals surface area contributed by atoms with E-state index in [4.69, 9.17) is 16.4 Å². The van der Waals surface area contributed by atoms with Gasteiger partial charge in [-0.05, 0) is 48.7 Å². The molecule has 1 atom stereocenters. The molecule has 3 amide bonds. The Balaban J connectivity index is 1.74. The van der Waals surface area contributed by atoms with Crippen LogP contribution in [-0.2, 0) is 9.63 Å². The van der Waals surface area contributed by atoms with Crippen LogP contribution >= 0.6 is 11.6 Å². The van der Waals surface area contributed by atoms with Crippen LogP contribution < -0.4 is 5.32 Å². The number of imide groups is 1. The largest absolute Gasteiger partial charge is 0.355 e. The highest BCUT2D eigenvalue weighted by molar-refractivity contribution is 6.30. The molecule has 1 aliphatic rings. The molecule has 7 nitrogen and oxygen atoms in total. The van der Waals surface area contributed by atoms with Gasteiger partial charge < -0.3 is 10.2 Å². The molecule has 0 saturated heterocycles. The summed E-state index contributed by atoms with van der Waals surface area (Å²) in [6.07, 6.45) is 0.265. The van der Waals surface area contributed by atoms with Crippen LogP contribution in [-0.4, -0.2) is 34.8 Å². The highest BCUT2D eigenvalue weighted by Crippen LogP contribution is 2.23. The van der Waals surface area contributed by atoms with Crippen molar-refractivity contribution in [1.82, 2.24) is 10.4 Å². The van der Waals surface area contributed by atoms with E-state index in [1.54, 1.807) is 24.3 Å². The SMILES string of the molecule is CC(C)CC(NC(=O)c1ccc(Cl)cc1)C(=O)ON1C(=O)c2ccccc2C1=O. The number of carbonyl (C=O) groups is 4. The molecule has 2 aromatic carbocycles. The Kier molecular flexibility index (Phi) is 5.98. The minimum Gasteiger partial charge on any atom is -0.338 e. The molecule has 29 heavy (non-hydrogen) atoms. The van der Waals surface area contributed by atoms with Crippen LogP contribution in [0.3, 0.4) is 0 Å². The Labute approximate surface area is 172 Å². The highest BCUT2D eigenvalue weighted by Gasteiger charge is 2.40. The molecule has 150 valence electrons. The maximum Gasteiger partial charge on any atom is 0.355 e. The van der Waals surface area contributed by atoms with E-state index in [2.05, 4.69) is 5.32 Å². The average molecular weight is 415 g/mol. The van der Waals surface area contributed by atoms with Crippen LogP contribution in [0.15, 0.2) is 48.5 Å². The lowest BCUT2D eigenvalue weighted by Crippen LogP contribution is -2.46. The summed E-state index contributed by atoms with van der Waals surface area (Å²) in [6, 6.07) is 11.3. The molecule has 0 bridgehead atoms. The molecule has 0 fully saturated rings. The summed E-state index contributed by atoms with van der Waals surface area (Å²) in [6.45, 7) is 3.74. The van der Waals surface area contributed by atoms with Gasteiger partial charge in [-0.25, -0.2) is 4.79 Å². The summed E-state index contributed by atoms with van der Waals surface area (Å²) in [5.41, 5.74) is 0.642. The second-order valence-electron chi connectivity index (χ2n) is 7.02. The first-order valence-electron chi connectivity index (χ1n) is 9.04. The van der Waals surface area contributed by atoms with Crippen LogP contribution in [0.5, 0.6) is 0 Å². The Morgan fingerprint density at radius 1 is 1.00 bits per heavy atom. The van der Waals surface area contributed by atoms with Crippen molar-refractivity contribution in [2.24, 2.45) is 5.92 Å². The van der Waals surface area contributed by atoms with Crippen molar-refractivity contribution < 1.29 is 24.0 Å². The van der Waals surface area contributed by atoms with Gasteiger partial charge in [0.25, 0.3) is 17.7 Å². The average Bonchev–Trinajstić information content (AvgIpc) is 2.92. The summed E-state index contributed by atoms with van der Waals surface area (Å²) in [7, 11) is 0. The van der Waals surface area contributed by atoms with Gasteiger partial charge >= 0.3 is 5.97 Å². The van der Waals surface area contributed by atoms with Gasteiger partial charge in [-0.15, -0.1) is 0 Å². The Morgan fingerprint density at radius 3 is 2.07 bits per heavy atom. The lowest BCUT2D eigenvalue weighted by atomic mass is 10.0. The van der Waals surface area contributed by atoms with Crippen molar-refractivity contribution in [1.29, 1.82) is 0 Å². The van der Waals surface area contributed by atoms with Crippen LogP contribution in [0.1, 0.15) is 51.3 Å². The summed E-state index contributed by atoms with van der Waals surface area (Å²) in [5.74, 6) is -2.78. The molecule has 1 heterocycles. The van der Waals surface area contributed by atoms with E-state index in [9.17, 15) is 19.2 Å². The zero-order valence-electron chi connectivity index (χ0n) is 15.8. The van der Waals surface area contributed by atoms with Crippen molar-refractivity contribution in [3.05, 3.63) is 70.2 Å². The monoisotopic (exact) mass is 414 g/mol. The van der Waals surface area contributed by atoms with Gasteiger partial charge in [0, 0.05) is 10.6 Å². The fourth-order valence-electron chi connectivity index (χ4n) is 2.93. The lowest BCUT2D eigenvalue weighted by Gasteiger charge is -2.21. The minimum atomic E-state index is -1.04. The number of nitrogens with zero attached hydrogens (tertiary/aromatic N) is 1. The second kappa shape index (κ2) is 8.45. The molecular formula is C21H19ClN2O5. The maximum absolute atomic E-state index is 12.7. The topological polar surface area (TPSA) is 92.8 Å². The van der Waals surface area contributed by atoms with E-state index in [1.807, 2.05) is 13.8 Å². The molecule has 0 aromatic heterocycles. The van der Waals surface area contributed by atoms with Crippen molar-refractivity contribution in [3.8, 4) is 0 Å². The Bertz CT molecular complexity index is 936. The van der Waals surface area contributed by atoms with E-state index >= 15 is 0 Å². The fourth-order valence-corrected chi connectivity index (χ4v) is 3.06. The molecule has 3 rings (SSSR count). The van der Waals surface area contributed by atoms with E-state index in [0.717, 1.165) is 0 Å². The summed E-state index contributed by atoms with van der Waals surface area (Å²) < 4.78 is 0. The number of amides is 3. The number of hydrogen-bond donors (Lipinski definition) is 1. The van der Waals surface area contributed by atoms with E-state index < -0.39 is 29.7 Å². The number of halogens is 1. The molecule has 0 spiro atoms. The standard InChI is InChI=1S/C21H19ClN2O5/c1-12(2)11-17(23-18(25)13-7-9-14(22)10-8-13)21(28)29-24-19(26)15-5-3-4-6-16(15)20(24)27/h3-10,12,17H,11H2,1-2H3,(H,23,25). The molecule has 1 aliphatic heterocycles. The number of benzene rings is 2. The third kappa shape index (κ3) is 4.46. The molecule has 0 aliphatic carbocycles. The van der Waals surface area contributed by atoms with Gasteiger partial charge in [0.15, 0.2) is 0 Å². The number of carbonyl (C=O) groups excluding carboxylic acids is 4. The molecule has 0 radical (unpaired) electrons. The van der Waals surface area contributed by atoms with Gasteiger partial charge in [-0.2, -0.15) is 0 Å². The summed E-state index contributed by atoms with van der Waals surface area (Å²) in [4.78, 5) is 55.1. The third-order valence-corrected chi connectivity index (χ3v) is 4.59. The van der Waals surface area contributed by atoms with Gasteiger partial charge in [-0.3, -0.25) is 14.4 Å². The minimum absolute atomic E-state index is 0.0419. The number of nitrogens with one attached hydrogen (secondary N) is 1. The molecule has 1 N–H and O–H groups in total. The van der Waals surface area contributed by atoms with E-state index in [1.165, 1.54) is 24.3 Å².